The summed E-state index contributed by atoms with van der Waals surface area (Å²) in [5.41, 5.74) is 0.144. The van der Waals surface area contributed by atoms with E-state index in [1.165, 1.54) is 29.6 Å². The number of piperidine rings is 2. The standard InChI is InChI=1S/C19H25ClN2O5S/c1-27-19(24)14-6-5-9-21(13-14)18(23)16-12-15(7-8-17(16)20)28(25,26)22-10-3-2-4-11-22/h7-8,12,14H,2-6,9-11,13H2,1H3. The van der Waals surface area contributed by atoms with Crippen molar-refractivity contribution in [1.82, 2.24) is 9.21 Å². The van der Waals surface area contributed by atoms with Crippen LogP contribution in [0.5, 0.6) is 0 Å². The molecule has 1 unspecified atom stereocenters. The highest BCUT2D eigenvalue weighted by atomic mass is 35.5. The zero-order valence-electron chi connectivity index (χ0n) is 15.9. The van der Waals surface area contributed by atoms with Gasteiger partial charge in [0, 0.05) is 26.2 Å². The first-order chi connectivity index (χ1) is 13.3. The fraction of sp³-hybridized carbons (Fsp3) is 0.579. The van der Waals surface area contributed by atoms with Gasteiger partial charge in [-0.3, -0.25) is 9.59 Å². The van der Waals surface area contributed by atoms with Gasteiger partial charge < -0.3 is 9.64 Å². The van der Waals surface area contributed by atoms with E-state index in [4.69, 9.17) is 16.3 Å². The maximum Gasteiger partial charge on any atom is 0.310 e. The largest absolute Gasteiger partial charge is 0.469 e. The number of likely N-dealkylation sites (tertiary alicyclic amines) is 1. The highest BCUT2D eigenvalue weighted by Crippen LogP contribution is 2.27. The van der Waals surface area contributed by atoms with Gasteiger partial charge in [-0.25, -0.2) is 8.42 Å². The lowest BCUT2D eigenvalue weighted by molar-refractivity contribution is -0.146. The zero-order chi connectivity index (χ0) is 20.3. The minimum Gasteiger partial charge on any atom is -0.469 e. The fourth-order valence-electron chi connectivity index (χ4n) is 3.77. The lowest BCUT2D eigenvalue weighted by Crippen LogP contribution is -2.42. The zero-order valence-corrected chi connectivity index (χ0v) is 17.5. The van der Waals surface area contributed by atoms with Crippen molar-refractivity contribution < 1.29 is 22.7 Å². The Morgan fingerprint density at radius 3 is 2.50 bits per heavy atom. The number of methoxy groups -OCH3 is 1. The van der Waals surface area contributed by atoms with Crippen LogP contribution in [0.3, 0.4) is 0 Å². The molecule has 0 aliphatic carbocycles. The first-order valence-corrected chi connectivity index (χ1v) is 11.3. The lowest BCUT2D eigenvalue weighted by atomic mass is 9.97. The van der Waals surface area contributed by atoms with Gasteiger partial charge in [0.2, 0.25) is 10.0 Å². The Bertz CT molecular complexity index is 852. The van der Waals surface area contributed by atoms with Crippen LogP contribution in [0, 0.1) is 5.92 Å². The van der Waals surface area contributed by atoms with Gasteiger partial charge >= 0.3 is 5.97 Å². The Morgan fingerprint density at radius 2 is 1.82 bits per heavy atom. The number of halogens is 1. The molecule has 9 heteroatoms. The molecule has 2 fully saturated rings. The number of rotatable bonds is 4. The summed E-state index contributed by atoms with van der Waals surface area (Å²) in [5, 5.41) is 0.197. The molecule has 28 heavy (non-hydrogen) atoms. The summed E-state index contributed by atoms with van der Waals surface area (Å²) in [6, 6.07) is 4.25. The minimum absolute atomic E-state index is 0.0728. The monoisotopic (exact) mass is 428 g/mol. The molecule has 154 valence electrons. The predicted molar refractivity (Wildman–Crippen MR) is 105 cm³/mol. The van der Waals surface area contributed by atoms with Crippen molar-refractivity contribution in [3.05, 3.63) is 28.8 Å². The van der Waals surface area contributed by atoms with Crippen molar-refractivity contribution in [3.8, 4) is 0 Å². The number of esters is 1. The van der Waals surface area contributed by atoms with Crippen LogP contribution in [-0.2, 0) is 19.6 Å². The summed E-state index contributed by atoms with van der Waals surface area (Å²) in [6.45, 7) is 1.71. The molecule has 2 saturated heterocycles. The van der Waals surface area contributed by atoms with E-state index in [2.05, 4.69) is 0 Å². The number of hydrogen-bond donors (Lipinski definition) is 0. The van der Waals surface area contributed by atoms with E-state index in [0.717, 1.165) is 19.3 Å². The molecule has 2 heterocycles. The molecule has 0 aromatic heterocycles. The maximum atomic E-state index is 13.0. The predicted octanol–water partition coefficient (Wildman–Crippen LogP) is 2.54. The number of hydrogen-bond acceptors (Lipinski definition) is 5. The third-order valence-corrected chi connectivity index (χ3v) is 7.59. The number of ether oxygens (including phenoxy) is 1. The molecule has 1 amide bonds. The molecule has 1 aromatic carbocycles. The number of carbonyl (C=O) groups excluding carboxylic acids is 2. The van der Waals surface area contributed by atoms with Crippen LogP contribution >= 0.6 is 11.6 Å². The van der Waals surface area contributed by atoms with Crippen LogP contribution in [0.25, 0.3) is 0 Å². The van der Waals surface area contributed by atoms with Gasteiger partial charge in [-0.05, 0) is 43.9 Å². The summed E-state index contributed by atoms with van der Waals surface area (Å²) in [6.07, 6.45) is 4.03. The fourth-order valence-corrected chi connectivity index (χ4v) is 5.52. The number of benzene rings is 1. The average molecular weight is 429 g/mol. The summed E-state index contributed by atoms with van der Waals surface area (Å²) in [4.78, 5) is 26.5. The van der Waals surface area contributed by atoms with E-state index < -0.39 is 10.0 Å². The normalized spacial score (nSPS) is 21.4. The molecule has 1 aromatic rings. The van der Waals surface area contributed by atoms with Gasteiger partial charge in [-0.2, -0.15) is 4.31 Å². The first-order valence-electron chi connectivity index (χ1n) is 9.51. The number of carbonyl (C=O) groups is 2. The Labute approximate surface area is 170 Å². The van der Waals surface area contributed by atoms with E-state index >= 15 is 0 Å². The van der Waals surface area contributed by atoms with Crippen molar-refractivity contribution in [2.75, 3.05) is 33.3 Å². The molecule has 2 aliphatic rings. The first kappa shape index (κ1) is 21.1. The van der Waals surface area contributed by atoms with Gasteiger partial charge in [0.15, 0.2) is 0 Å². The lowest BCUT2D eigenvalue weighted by Gasteiger charge is -2.31. The van der Waals surface area contributed by atoms with Crippen LogP contribution in [0.2, 0.25) is 5.02 Å². The molecule has 0 radical (unpaired) electrons. The second kappa shape index (κ2) is 8.80. The van der Waals surface area contributed by atoms with Gasteiger partial charge in [-0.15, -0.1) is 0 Å². The van der Waals surface area contributed by atoms with E-state index in [9.17, 15) is 18.0 Å². The number of sulfonamides is 1. The topological polar surface area (TPSA) is 84.0 Å². The number of nitrogens with zero attached hydrogens (tertiary/aromatic N) is 2. The van der Waals surface area contributed by atoms with Crippen LogP contribution in [-0.4, -0.2) is 62.8 Å². The Balaban J connectivity index is 1.85. The molecule has 0 bridgehead atoms. The van der Waals surface area contributed by atoms with E-state index in [0.29, 0.717) is 32.5 Å². The molecule has 0 N–H and O–H groups in total. The maximum absolute atomic E-state index is 13.0. The smallest absolute Gasteiger partial charge is 0.310 e. The molecule has 0 saturated carbocycles. The van der Waals surface area contributed by atoms with E-state index in [-0.39, 0.29) is 39.8 Å². The highest BCUT2D eigenvalue weighted by Gasteiger charge is 2.32. The van der Waals surface area contributed by atoms with Gasteiger partial charge in [0.1, 0.15) is 0 Å². The van der Waals surface area contributed by atoms with Gasteiger partial charge in [-0.1, -0.05) is 18.0 Å². The molecule has 7 nitrogen and oxygen atoms in total. The van der Waals surface area contributed by atoms with E-state index in [1.54, 1.807) is 4.90 Å². The quantitative estimate of drug-likeness (QED) is 0.688. The Kier molecular flexibility index (Phi) is 6.62. The van der Waals surface area contributed by atoms with Gasteiger partial charge in [0.25, 0.3) is 5.91 Å². The second-order valence-electron chi connectivity index (χ2n) is 7.22. The van der Waals surface area contributed by atoms with Crippen molar-refractivity contribution in [1.29, 1.82) is 0 Å². The van der Waals surface area contributed by atoms with Crippen LogP contribution in [0.15, 0.2) is 23.1 Å². The third-order valence-electron chi connectivity index (χ3n) is 5.36. The third kappa shape index (κ3) is 4.34. The summed E-state index contributed by atoms with van der Waals surface area (Å²) < 4.78 is 32.1. The number of amides is 1. The molecule has 0 spiro atoms. The molecule has 1 atom stereocenters. The summed E-state index contributed by atoms with van der Waals surface area (Å²) in [5.74, 6) is -1.08. The summed E-state index contributed by atoms with van der Waals surface area (Å²) in [7, 11) is -2.34. The van der Waals surface area contributed by atoms with Crippen molar-refractivity contribution in [3.63, 3.8) is 0 Å². The molecular weight excluding hydrogens is 404 g/mol. The van der Waals surface area contributed by atoms with Crippen LogP contribution < -0.4 is 0 Å². The Morgan fingerprint density at radius 1 is 1.11 bits per heavy atom. The van der Waals surface area contributed by atoms with Crippen molar-refractivity contribution in [2.24, 2.45) is 5.92 Å². The van der Waals surface area contributed by atoms with Crippen LogP contribution in [0.4, 0.5) is 0 Å². The molecule has 3 rings (SSSR count). The molecule has 2 aliphatic heterocycles. The van der Waals surface area contributed by atoms with Gasteiger partial charge in [0.05, 0.1) is 28.5 Å². The van der Waals surface area contributed by atoms with Crippen LogP contribution in [0.1, 0.15) is 42.5 Å². The summed E-state index contributed by atoms with van der Waals surface area (Å²) >= 11 is 6.22. The molecular formula is C19H25ClN2O5S. The highest BCUT2D eigenvalue weighted by molar-refractivity contribution is 7.89. The SMILES string of the molecule is COC(=O)C1CCCN(C(=O)c2cc(S(=O)(=O)N3CCCCC3)ccc2Cl)C1. The van der Waals surface area contributed by atoms with Crippen molar-refractivity contribution >= 4 is 33.5 Å². The van der Waals surface area contributed by atoms with E-state index in [1.807, 2.05) is 0 Å². The minimum atomic E-state index is -3.66. The second-order valence-corrected chi connectivity index (χ2v) is 9.57. The average Bonchev–Trinajstić information content (AvgIpc) is 2.73. The van der Waals surface area contributed by atoms with Crippen molar-refractivity contribution in [2.45, 2.75) is 37.0 Å². The Hall–Kier alpha value is -1.64.